The van der Waals surface area contributed by atoms with Crippen molar-refractivity contribution in [2.45, 2.75) is 0 Å². The van der Waals surface area contributed by atoms with Crippen LogP contribution in [0.4, 0.5) is 23.0 Å². The maximum absolute atomic E-state index is 11.6. The summed E-state index contributed by atoms with van der Waals surface area (Å²) in [6.07, 6.45) is 2.69. The molecule has 1 aliphatic heterocycles. The molecule has 1 saturated heterocycles. The maximum Gasteiger partial charge on any atom is 0.247 e. The van der Waals surface area contributed by atoms with Crippen LogP contribution in [-0.2, 0) is 9.53 Å². The van der Waals surface area contributed by atoms with E-state index < -0.39 is 0 Å². The van der Waals surface area contributed by atoms with Gasteiger partial charge in [0.15, 0.2) is 0 Å². The van der Waals surface area contributed by atoms with E-state index in [1.54, 1.807) is 18.2 Å². The lowest BCUT2D eigenvalue weighted by Gasteiger charge is -2.29. The summed E-state index contributed by atoms with van der Waals surface area (Å²) in [5.74, 6) is 0.0616. The number of amides is 1. The van der Waals surface area contributed by atoms with Crippen molar-refractivity contribution < 1.29 is 9.53 Å². The van der Waals surface area contributed by atoms with Crippen LogP contribution in [0.2, 0.25) is 0 Å². The molecule has 0 unspecified atom stereocenters. The van der Waals surface area contributed by atoms with Crippen LogP contribution in [0.1, 0.15) is 5.56 Å². The molecular formula is C24H22N6O2. The Hall–Kier alpha value is -4.22. The van der Waals surface area contributed by atoms with E-state index in [1.165, 1.54) is 12.3 Å². The van der Waals surface area contributed by atoms with Gasteiger partial charge in [-0.2, -0.15) is 5.26 Å². The minimum absolute atomic E-state index is 0.312. The number of carbonyl (C=O) groups is 1. The van der Waals surface area contributed by atoms with Crippen molar-refractivity contribution in [1.29, 1.82) is 5.26 Å². The normalized spacial score (nSPS) is 13.2. The van der Waals surface area contributed by atoms with Gasteiger partial charge in [-0.3, -0.25) is 4.79 Å². The van der Waals surface area contributed by atoms with Gasteiger partial charge in [0, 0.05) is 35.7 Å². The van der Waals surface area contributed by atoms with E-state index in [1.807, 2.05) is 24.3 Å². The van der Waals surface area contributed by atoms with Crippen molar-refractivity contribution in [2.24, 2.45) is 0 Å². The molecule has 0 aliphatic carbocycles. The highest BCUT2D eigenvalue weighted by Gasteiger charge is 2.13. The number of aromatic nitrogens is 2. The lowest BCUT2D eigenvalue weighted by Crippen LogP contribution is -2.36. The number of nitrogens with one attached hydrogen (secondary N) is 2. The Morgan fingerprint density at radius 1 is 1.16 bits per heavy atom. The maximum atomic E-state index is 11.6. The summed E-state index contributed by atoms with van der Waals surface area (Å²) in [4.78, 5) is 22.8. The van der Waals surface area contributed by atoms with E-state index in [0.717, 1.165) is 24.5 Å². The molecule has 3 aromatic rings. The number of nitriles is 1. The van der Waals surface area contributed by atoms with Crippen LogP contribution < -0.4 is 15.5 Å². The molecule has 2 aromatic carbocycles. The molecule has 8 nitrogen and oxygen atoms in total. The van der Waals surface area contributed by atoms with Gasteiger partial charge in [-0.05, 0) is 36.4 Å². The number of hydrogen-bond donors (Lipinski definition) is 2. The fraction of sp³-hybridized carbons (Fsp3) is 0.167. The van der Waals surface area contributed by atoms with Gasteiger partial charge in [0.25, 0.3) is 0 Å². The lowest BCUT2D eigenvalue weighted by atomic mass is 10.1. The van der Waals surface area contributed by atoms with Gasteiger partial charge in [-0.25, -0.2) is 9.97 Å². The first-order chi connectivity index (χ1) is 15.7. The van der Waals surface area contributed by atoms with E-state index in [0.29, 0.717) is 41.7 Å². The summed E-state index contributed by atoms with van der Waals surface area (Å²) in [7, 11) is 0. The summed E-state index contributed by atoms with van der Waals surface area (Å²) in [6.45, 7) is 6.58. The summed E-state index contributed by atoms with van der Waals surface area (Å²) in [6, 6.07) is 17.3. The van der Waals surface area contributed by atoms with E-state index in [-0.39, 0.29) is 5.91 Å². The van der Waals surface area contributed by atoms with Crippen molar-refractivity contribution in [2.75, 3.05) is 41.8 Å². The molecule has 32 heavy (non-hydrogen) atoms. The monoisotopic (exact) mass is 426 g/mol. The summed E-state index contributed by atoms with van der Waals surface area (Å²) in [5.41, 5.74) is 4.03. The number of nitrogens with zero attached hydrogens (tertiary/aromatic N) is 4. The Morgan fingerprint density at radius 2 is 1.94 bits per heavy atom. The summed E-state index contributed by atoms with van der Waals surface area (Å²) in [5, 5.41) is 15.5. The van der Waals surface area contributed by atoms with Crippen LogP contribution in [0.15, 0.2) is 67.4 Å². The van der Waals surface area contributed by atoms with Gasteiger partial charge >= 0.3 is 0 Å². The van der Waals surface area contributed by atoms with Gasteiger partial charge in [0.1, 0.15) is 6.07 Å². The minimum Gasteiger partial charge on any atom is -0.378 e. The van der Waals surface area contributed by atoms with Crippen molar-refractivity contribution in [1.82, 2.24) is 9.97 Å². The van der Waals surface area contributed by atoms with Gasteiger partial charge in [0.2, 0.25) is 11.9 Å². The van der Waals surface area contributed by atoms with E-state index in [9.17, 15) is 10.1 Å². The number of morpholine rings is 1. The fourth-order valence-corrected chi connectivity index (χ4v) is 3.41. The number of ether oxygens (including phenoxy) is 1. The predicted molar refractivity (Wildman–Crippen MR) is 124 cm³/mol. The third-order valence-corrected chi connectivity index (χ3v) is 4.98. The molecule has 4 rings (SSSR count). The molecule has 1 fully saturated rings. The fourth-order valence-electron chi connectivity index (χ4n) is 3.41. The van der Waals surface area contributed by atoms with Crippen LogP contribution in [0.25, 0.3) is 11.3 Å². The van der Waals surface area contributed by atoms with E-state index >= 15 is 0 Å². The van der Waals surface area contributed by atoms with Crippen molar-refractivity contribution in [3.63, 3.8) is 0 Å². The quantitative estimate of drug-likeness (QED) is 0.579. The highest BCUT2D eigenvalue weighted by molar-refractivity contribution is 5.99. The smallest absolute Gasteiger partial charge is 0.247 e. The van der Waals surface area contributed by atoms with Crippen molar-refractivity contribution in [3.8, 4) is 17.3 Å². The van der Waals surface area contributed by atoms with Crippen LogP contribution in [-0.4, -0.2) is 42.2 Å². The van der Waals surface area contributed by atoms with E-state index in [4.69, 9.17) is 4.74 Å². The standard InChI is InChI=1S/C24H22N6O2/c1-2-22(31)27-19-6-3-5-17(13-19)23-18(15-25)16-26-24(29-23)28-20-7-4-8-21(14-20)30-9-11-32-12-10-30/h2-8,13-14,16H,1,9-12H2,(H,27,31)(H,26,28,29). The highest BCUT2D eigenvalue weighted by Crippen LogP contribution is 2.27. The predicted octanol–water partition coefficient (Wildman–Crippen LogP) is 3.72. The number of benzene rings is 2. The molecule has 0 spiro atoms. The van der Waals surface area contributed by atoms with Gasteiger partial charge in [0.05, 0.1) is 30.7 Å². The van der Waals surface area contributed by atoms with Gasteiger partial charge < -0.3 is 20.3 Å². The number of hydrogen-bond acceptors (Lipinski definition) is 7. The molecule has 160 valence electrons. The average molecular weight is 426 g/mol. The Kier molecular flexibility index (Phi) is 6.39. The molecule has 0 saturated carbocycles. The number of carbonyl (C=O) groups excluding carboxylic acids is 1. The third-order valence-electron chi connectivity index (χ3n) is 4.98. The second-order valence-electron chi connectivity index (χ2n) is 7.12. The molecule has 2 N–H and O–H groups in total. The SMILES string of the molecule is C=CC(=O)Nc1cccc(-c2nc(Nc3cccc(N4CCOCC4)c3)ncc2C#N)c1. The molecule has 1 aliphatic rings. The van der Waals surface area contributed by atoms with Crippen molar-refractivity contribution in [3.05, 3.63) is 72.9 Å². The lowest BCUT2D eigenvalue weighted by molar-refractivity contribution is -0.111. The zero-order valence-corrected chi connectivity index (χ0v) is 17.4. The first kappa shape index (κ1) is 21.0. The molecule has 1 aromatic heterocycles. The third kappa shape index (κ3) is 4.91. The number of rotatable bonds is 6. The average Bonchev–Trinajstić information content (AvgIpc) is 2.85. The number of anilines is 4. The summed E-state index contributed by atoms with van der Waals surface area (Å²) < 4.78 is 5.43. The van der Waals surface area contributed by atoms with E-state index in [2.05, 4.69) is 44.2 Å². The molecule has 0 bridgehead atoms. The minimum atomic E-state index is -0.312. The molecule has 0 radical (unpaired) electrons. The van der Waals surface area contributed by atoms with Crippen LogP contribution >= 0.6 is 0 Å². The largest absolute Gasteiger partial charge is 0.378 e. The first-order valence-electron chi connectivity index (χ1n) is 10.2. The molecule has 0 atom stereocenters. The van der Waals surface area contributed by atoms with Crippen LogP contribution in [0.5, 0.6) is 0 Å². The Bertz CT molecular complexity index is 1180. The highest BCUT2D eigenvalue weighted by atomic mass is 16.5. The Labute approximate surface area is 186 Å². The second-order valence-corrected chi connectivity index (χ2v) is 7.12. The molecule has 1 amide bonds. The Balaban J connectivity index is 1.61. The molecule has 8 heteroatoms. The Morgan fingerprint density at radius 3 is 2.72 bits per heavy atom. The zero-order valence-electron chi connectivity index (χ0n) is 17.4. The van der Waals surface area contributed by atoms with Crippen LogP contribution in [0.3, 0.4) is 0 Å². The zero-order chi connectivity index (χ0) is 22.3. The molecular weight excluding hydrogens is 404 g/mol. The van der Waals surface area contributed by atoms with Gasteiger partial charge in [-0.15, -0.1) is 0 Å². The van der Waals surface area contributed by atoms with Crippen LogP contribution in [0, 0.1) is 11.3 Å². The first-order valence-corrected chi connectivity index (χ1v) is 10.2. The summed E-state index contributed by atoms with van der Waals surface area (Å²) >= 11 is 0. The van der Waals surface area contributed by atoms with Crippen molar-refractivity contribution >= 4 is 28.9 Å². The topological polar surface area (TPSA) is 103 Å². The second kappa shape index (κ2) is 9.73. The molecule has 2 heterocycles. The van der Waals surface area contributed by atoms with Gasteiger partial charge in [-0.1, -0.05) is 24.8 Å².